The van der Waals surface area contributed by atoms with Crippen LogP contribution in [0.5, 0.6) is 0 Å². The average molecular weight is 371 g/mol. The van der Waals surface area contributed by atoms with E-state index in [9.17, 15) is 9.59 Å². The van der Waals surface area contributed by atoms with E-state index in [2.05, 4.69) is 4.98 Å². The van der Waals surface area contributed by atoms with Gasteiger partial charge in [-0.25, -0.2) is 14.3 Å². The third-order valence-electron chi connectivity index (χ3n) is 3.33. The smallest absolute Gasteiger partial charge is 0.256 e. The molecule has 8 heteroatoms. The fourth-order valence-electron chi connectivity index (χ4n) is 2.25. The maximum absolute atomic E-state index is 12.1. The summed E-state index contributed by atoms with van der Waals surface area (Å²) in [4.78, 5) is 26.5. The van der Waals surface area contributed by atoms with Crippen LogP contribution in [0, 0.1) is 0 Å². The van der Waals surface area contributed by atoms with Crippen LogP contribution in [0.15, 0.2) is 52.1 Å². The molecule has 1 aromatic heterocycles. The SMILES string of the molecule is O=c1[nH]c(=O)n(-c2ccccc2Cl)n1Cc1c(Cl)cccc1Cl. The van der Waals surface area contributed by atoms with E-state index in [1.54, 1.807) is 42.5 Å². The van der Waals surface area contributed by atoms with Crippen molar-refractivity contribution in [2.45, 2.75) is 6.54 Å². The van der Waals surface area contributed by atoms with E-state index >= 15 is 0 Å². The number of H-pyrrole nitrogens is 1. The van der Waals surface area contributed by atoms with Crippen LogP contribution < -0.4 is 11.4 Å². The minimum absolute atomic E-state index is 0.0291. The summed E-state index contributed by atoms with van der Waals surface area (Å²) in [5.41, 5.74) is -0.240. The summed E-state index contributed by atoms with van der Waals surface area (Å²) in [7, 11) is 0. The van der Waals surface area contributed by atoms with E-state index in [1.807, 2.05) is 0 Å². The van der Waals surface area contributed by atoms with Crippen LogP contribution in [0.25, 0.3) is 5.69 Å². The molecule has 2 aromatic carbocycles. The Kier molecular flexibility index (Phi) is 4.35. The summed E-state index contributed by atoms with van der Waals surface area (Å²) >= 11 is 18.4. The quantitative estimate of drug-likeness (QED) is 0.769. The molecular weight excluding hydrogens is 361 g/mol. The van der Waals surface area contributed by atoms with E-state index in [0.717, 1.165) is 0 Å². The highest BCUT2D eigenvalue weighted by Crippen LogP contribution is 2.25. The third-order valence-corrected chi connectivity index (χ3v) is 4.36. The predicted octanol–water partition coefficient (Wildman–Crippen LogP) is 3.34. The van der Waals surface area contributed by atoms with Gasteiger partial charge in [0.05, 0.1) is 17.3 Å². The molecule has 3 rings (SSSR count). The monoisotopic (exact) mass is 369 g/mol. The molecule has 0 fully saturated rings. The van der Waals surface area contributed by atoms with Gasteiger partial charge in [-0.3, -0.25) is 4.98 Å². The molecule has 0 aliphatic rings. The number of halogens is 3. The summed E-state index contributed by atoms with van der Waals surface area (Å²) in [6.45, 7) is 0.0291. The topological polar surface area (TPSA) is 59.8 Å². The van der Waals surface area contributed by atoms with Gasteiger partial charge in [0.15, 0.2) is 0 Å². The number of para-hydroxylation sites is 1. The lowest BCUT2D eigenvalue weighted by Crippen LogP contribution is -2.26. The molecule has 0 unspecified atom stereocenters. The molecule has 3 aromatic rings. The van der Waals surface area contributed by atoms with Crippen LogP contribution in [-0.4, -0.2) is 14.3 Å². The van der Waals surface area contributed by atoms with Gasteiger partial charge in [0.1, 0.15) is 0 Å². The highest BCUT2D eigenvalue weighted by atomic mass is 35.5. The number of aromatic nitrogens is 3. The number of hydrogen-bond acceptors (Lipinski definition) is 2. The maximum Gasteiger partial charge on any atom is 0.349 e. The Balaban J connectivity index is 2.20. The Hall–Kier alpha value is -1.95. The lowest BCUT2D eigenvalue weighted by atomic mass is 10.2. The Bertz CT molecular complexity index is 968. The molecule has 1 N–H and O–H groups in total. The third kappa shape index (κ3) is 2.95. The predicted molar refractivity (Wildman–Crippen MR) is 91.2 cm³/mol. The van der Waals surface area contributed by atoms with Crippen molar-refractivity contribution in [1.29, 1.82) is 0 Å². The molecular formula is C15H10Cl3N3O2. The van der Waals surface area contributed by atoms with Gasteiger partial charge in [0, 0.05) is 15.6 Å². The normalized spacial score (nSPS) is 10.9. The number of nitrogens with zero attached hydrogens (tertiary/aromatic N) is 2. The second-order valence-corrected chi connectivity index (χ2v) is 5.98. The molecule has 0 bridgehead atoms. The van der Waals surface area contributed by atoms with E-state index in [4.69, 9.17) is 34.8 Å². The van der Waals surface area contributed by atoms with Crippen molar-refractivity contribution in [3.05, 3.63) is 84.1 Å². The molecule has 0 atom stereocenters. The first-order valence-electron chi connectivity index (χ1n) is 6.59. The highest BCUT2D eigenvalue weighted by Gasteiger charge is 2.16. The zero-order valence-corrected chi connectivity index (χ0v) is 13.9. The highest BCUT2D eigenvalue weighted by molar-refractivity contribution is 6.36. The second kappa shape index (κ2) is 6.28. The molecule has 5 nitrogen and oxygen atoms in total. The Morgan fingerprint density at radius 2 is 1.43 bits per heavy atom. The first-order valence-corrected chi connectivity index (χ1v) is 7.72. The molecule has 0 spiro atoms. The fourth-order valence-corrected chi connectivity index (χ4v) is 2.98. The van der Waals surface area contributed by atoms with Gasteiger partial charge in [-0.2, -0.15) is 4.68 Å². The van der Waals surface area contributed by atoms with Crippen LogP contribution in [0.2, 0.25) is 15.1 Å². The molecule has 1 heterocycles. The van der Waals surface area contributed by atoms with Crippen molar-refractivity contribution < 1.29 is 0 Å². The first kappa shape index (κ1) is 15.9. The van der Waals surface area contributed by atoms with Gasteiger partial charge in [-0.05, 0) is 24.3 Å². The van der Waals surface area contributed by atoms with Crippen LogP contribution in [0.3, 0.4) is 0 Å². The molecule has 118 valence electrons. The Morgan fingerprint density at radius 3 is 2.09 bits per heavy atom. The zero-order chi connectivity index (χ0) is 16.6. The lowest BCUT2D eigenvalue weighted by molar-refractivity contribution is 0.576. The number of hydrogen-bond donors (Lipinski definition) is 1. The molecule has 23 heavy (non-hydrogen) atoms. The van der Waals surface area contributed by atoms with Crippen molar-refractivity contribution in [2.75, 3.05) is 0 Å². The molecule has 0 aliphatic carbocycles. The van der Waals surface area contributed by atoms with Crippen LogP contribution >= 0.6 is 34.8 Å². The van der Waals surface area contributed by atoms with Gasteiger partial charge in [0.2, 0.25) is 0 Å². The molecule has 0 amide bonds. The summed E-state index contributed by atoms with van der Waals surface area (Å²) in [5, 5.41) is 1.15. The van der Waals surface area contributed by atoms with Gasteiger partial charge >= 0.3 is 11.4 Å². The first-order chi connectivity index (χ1) is 11.0. The number of benzene rings is 2. The summed E-state index contributed by atoms with van der Waals surface area (Å²) in [6.07, 6.45) is 0. The number of aromatic amines is 1. The largest absolute Gasteiger partial charge is 0.349 e. The Labute approximate surface area is 145 Å². The van der Waals surface area contributed by atoms with Gasteiger partial charge in [-0.1, -0.05) is 53.0 Å². The van der Waals surface area contributed by atoms with E-state index < -0.39 is 11.4 Å². The second-order valence-electron chi connectivity index (χ2n) is 4.76. The van der Waals surface area contributed by atoms with E-state index in [0.29, 0.717) is 26.3 Å². The average Bonchev–Trinajstić information content (AvgIpc) is 2.78. The molecule has 0 aliphatic heterocycles. The number of rotatable bonds is 3. The number of nitrogens with one attached hydrogen (secondary N) is 1. The standard InChI is InChI=1S/C15H10Cl3N3O2/c16-10-5-3-6-11(17)9(10)8-20-14(22)19-15(23)21(20)13-7-2-1-4-12(13)18/h1-7H,8H2,(H,19,22,23). The van der Waals surface area contributed by atoms with E-state index in [1.165, 1.54) is 9.36 Å². The maximum atomic E-state index is 12.1. The van der Waals surface area contributed by atoms with Crippen molar-refractivity contribution in [1.82, 2.24) is 14.3 Å². The van der Waals surface area contributed by atoms with Gasteiger partial charge < -0.3 is 0 Å². The van der Waals surface area contributed by atoms with Crippen LogP contribution in [0.1, 0.15) is 5.56 Å². The summed E-state index contributed by atoms with van der Waals surface area (Å²) < 4.78 is 2.38. The lowest BCUT2D eigenvalue weighted by Gasteiger charge is -2.12. The van der Waals surface area contributed by atoms with Gasteiger partial charge in [0.25, 0.3) is 0 Å². The minimum atomic E-state index is -0.591. The Morgan fingerprint density at radius 1 is 0.826 bits per heavy atom. The summed E-state index contributed by atoms with van der Waals surface area (Å²) in [5.74, 6) is 0. The molecule has 0 radical (unpaired) electrons. The van der Waals surface area contributed by atoms with Crippen molar-refractivity contribution >= 4 is 34.8 Å². The molecule has 0 saturated carbocycles. The fraction of sp³-hybridized carbons (Fsp3) is 0.0667. The van der Waals surface area contributed by atoms with Crippen molar-refractivity contribution in [3.8, 4) is 5.69 Å². The van der Waals surface area contributed by atoms with Crippen molar-refractivity contribution in [2.24, 2.45) is 0 Å². The molecule has 0 saturated heterocycles. The van der Waals surface area contributed by atoms with E-state index in [-0.39, 0.29) is 6.54 Å². The zero-order valence-electron chi connectivity index (χ0n) is 11.6. The van der Waals surface area contributed by atoms with Crippen LogP contribution in [-0.2, 0) is 6.54 Å². The van der Waals surface area contributed by atoms with Crippen molar-refractivity contribution in [3.63, 3.8) is 0 Å². The minimum Gasteiger partial charge on any atom is -0.256 e. The van der Waals surface area contributed by atoms with Crippen LogP contribution in [0.4, 0.5) is 0 Å². The summed E-state index contributed by atoms with van der Waals surface area (Å²) in [6, 6.07) is 11.8. The van der Waals surface area contributed by atoms with Gasteiger partial charge in [-0.15, -0.1) is 0 Å².